The van der Waals surface area contributed by atoms with Gasteiger partial charge in [-0.1, -0.05) is 67.6 Å². The van der Waals surface area contributed by atoms with E-state index in [0.29, 0.717) is 19.3 Å². The molecule has 0 aliphatic carbocycles. The van der Waals surface area contributed by atoms with Crippen LogP contribution in [0.1, 0.15) is 36.0 Å². The first kappa shape index (κ1) is 20.3. The van der Waals surface area contributed by atoms with Gasteiger partial charge in [0.1, 0.15) is 6.29 Å². The summed E-state index contributed by atoms with van der Waals surface area (Å²) in [6.07, 6.45) is 2.20. The van der Waals surface area contributed by atoms with Gasteiger partial charge < -0.3 is 9.90 Å². The van der Waals surface area contributed by atoms with Crippen LogP contribution < -0.4 is 11.2 Å². The number of aromatic amines is 2. The van der Waals surface area contributed by atoms with Crippen LogP contribution in [0.25, 0.3) is 0 Å². The second-order valence-corrected chi connectivity index (χ2v) is 7.70. The molecule has 0 fully saturated rings. The van der Waals surface area contributed by atoms with Crippen molar-refractivity contribution in [2.45, 2.75) is 32.1 Å². The molecule has 150 valence electrons. The van der Waals surface area contributed by atoms with Crippen LogP contribution in [0.4, 0.5) is 0 Å². The Hall–Kier alpha value is -3.41. The molecule has 2 atom stereocenters. The molecular weight excluding hydrogens is 368 g/mol. The normalized spacial score (nSPS) is 14.1. The summed E-state index contributed by atoms with van der Waals surface area (Å²) < 4.78 is 0. The third-order valence-corrected chi connectivity index (χ3v) is 5.14. The highest BCUT2D eigenvalue weighted by molar-refractivity contribution is 5.60. The number of carbonyl (C=O) groups is 1. The molecule has 0 saturated heterocycles. The van der Waals surface area contributed by atoms with Crippen LogP contribution in [0.5, 0.6) is 5.88 Å². The Kier molecular flexibility index (Phi) is 6.12. The highest BCUT2D eigenvalue weighted by Crippen LogP contribution is 2.36. The molecule has 3 rings (SSSR count). The average Bonchev–Trinajstić information content (AvgIpc) is 2.68. The van der Waals surface area contributed by atoms with Crippen molar-refractivity contribution in [3.8, 4) is 5.88 Å². The second-order valence-electron chi connectivity index (χ2n) is 7.70. The van der Waals surface area contributed by atoms with Gasteiger partial charge in [0.05, 0.1) is 5.56 Å². The summed E-state index contributed by atoms with van der Waals surface area (Å²) in [4.78, 5) is 40.5. The molecule has 29 heavy (non-hydrogen) atoms. The van der Waals surface area contributed by atoms with Crippen LogP contribution in [0.3, 0.4) is 0 Å². The fraction of sp³-hybridized carbons (Fsp3) is 0.261. The molecule has 0 bridgehead atoms. The van der Waals surface area contributed by atoms with Crippen molar-refractivity contribution in [3.05, 3.63) is 98.2 Å². The lowest BCUT2D eigenvalue weighted by molar-refractivity contribution is -0.116. The number of aromatic nitrogens is 2. The van der Waals surface area contributed by atoms with Gasteiger partial charge in [-0.25, -0.2) is 4.79 Å². The summed E-state index contributed by atoms with van der Waals surface area (Å²) in [7, 11) is 0. The van der Waals surface area contributed by atoms with Crippen molar-refractivity contribution in [2.24, 2.45) is 5.41 Å². The number of aldehydes is 1. The van der Waals surface area contributed by atoms with E-state index >= 15 is 0 Å². The molecule has 1 aromatic heterocycles. The van der Waals surface area contributed by atoms with Crippen LogP contribution in [0.2, 0.25) is 0 Å². The summed E-state index contributed by atoms with van der Waals surface area (Å²) in [6.45, 7) is 1.85. The minimum absolute atomic E-state index is 0.0922. The Balaban J connectivity index is 1.99. The molecular formula is C23H24N2O4. The highest BCUT2D eigenvalue weighted by atomic mass is 16.3. The van der Waals surface area contributed by atoms with Gasteiger partial charge in [-0.3, -0.25) is 14.8 Å². The second kappa shape index (κ2) is 8.73. The Bertz CT molecular complexity index is 1070. The largest absolute Gasteiger partial charge is 0.494 e. The highest BCUT2D eigenvalue weighted by Gasteiger charge is 2.32. The lowest BCUT2D eigenvalue weighted by atomic mass is 9.74. The van der Waals surface area contributed by atoms with Gasteiger partial charge in [0.25, 0.3) is 5.56 Å². The van der Waals surface area contributed by atoms with Gasteiger partial charge in [0, 0.05) is 5.41 Å². The summed E-state index contributed by atoms with van der Waals surface area (Å²) in [6, 6.07) is 19.2. The lowest BCUT2D eigenvalue weighted by Gasteiger charge is -2.29. The molecule has 0 aliphatic rings. The van der Waals surface area contributed by atoms with Crippen LogP contribution in [0, 0.1) is 5.41 Å². The van der Waals surface area contributed by atoms with E-state index in [-0.39, 0.29) is 5.56 Å². The fourth-order valence-electron chi connectivity index (χ4n) is 3.82. The first-order valence-electron chi connectivity index (χ1n) is 9.50. The van der Waals surface area contributed by atoms with Crippen molar-refractivity contribution in [1.29, 1.82) is 0 Å². The van der Waals surface area contributed by atoms with E-state index < -0.39 is 28.5 Å². The monoisotopic (exact) mass is 392 g/mol. The Labute approximate surface area is 168 Å². The maximum absolute atomic E-state index is 12.5. The summed E-state index contributed by atoms with van der Waals surface area (Å²) in [5, 5.41) is 10.3. The topological polar surface area (TPSA) is 103 Å². The molecule has 1 heterocycles. The van der Waals surface area contributed by atoms with Crippen LogP contribution in [-0.4, -0.2) is 21.4 Å². The summed E-state index contributed by atoms with van der Waals surface area (Å²) >= 11 is 0. The number of hydrogen-bond acceptors (Lipinski definition) is 4. The standard InChI is InChI=1S/C23H24N2O4/c1-23(15-26,13-17-10-6-3-7-11-17)14-18(12-16-8-4-2-5-9-16)19-20(27)24-22(29)25-21(19)28/h2-11,15,18H,12-14H2,1H3,(H3,24,25,27,28,29). The van der Waals surface area contributed by atoms with Crippen LogP contribution >= 0.6 is 0 Å². The van der Waals surface area contributed by atoms with Gasteiger partial charge >= 0.3 is 5.69 Å². The van der Waals surface area contributed by atoms with E-state index in [1.165, 1.54) is 0 Å². The minimum atomic E-state index is -0.767. The van der Waals surface area contributed by atoms with E-state index in [4.69, 9.17) is 0 Å². The number of aromatic hydroxyl groups is 1. The van der Waals surface area contributed by atoms with Crippen LogP contribution in [0.15, 0.2) is 70.3 Å². The number of benzene rings is 2. The van der Waals surface area contributed by atoms with E-state index in [1.54, 1.807) is 0 Å². The summed E-state index contributed by atoms with van der Waals surface area (Å²) in [5.41, 5.74) is -0.0852. The van der Waals surface area contributed by atoms with Crippen molar-refractivity contribution in [2.75, 3.05) is 0 Å². The van der Waals surface area contributed by atoms with Crippen LogP contribution in [-0.2, 0) is 17.6 Å². The smallest absolute Gasteiger partial charge is 0.328 e. The molecule has 6 nitrogen and oxygen atoms in total. The number of nitrogens with one attached hydrogen (secondary N) is 2. The molecule has 6 heteroatoms. The van der Waals surface area contributed by atoms with Crippen molar-refractivity contribution in [3.63, 3.8) is 0 Å². The Morgan fingerprint density at radius 2 is 1.55 bits per heavy atom. The maximum atomic E-state index is 12.5. The maximum Gasteiger partial charge on any atom is 0.328 e. The third-order valence-electron chi connectivity index (χ3n) is 5.14. The molecule has 2 aromatic carbocycles. The number of hydrogen-bond donors (Lipinski definition) is 3. The molecule has 2 unspecified atom stereocenters. The zero-order valence-electron chi connectivity index (χ0n) is 16.2. The quantitative estimate of drug-likeness (QED) is 0.513. The predicted molar refractivity (Wildman–Crippen MR) is 111 cm³/mol. The molecule has 0 aliphatic heterocycles. The van der Waals surface area contributed by atoms with E-state index in [9.17, 15) is 19.5 Å². The molecule has 3 aromatic rings. The Morgan fingerprint density at radius 1 is 0.966 bits per heavy atom. The van der Waals surface area contributed by atoms with Gasteiger partial charge in [-0.05, 0) is 36.3 Å². The van der Waals surface area contributed by atoms with Crippen molar-refractivity contribution in [1.82, 2.24) is 9.97 Å². The van der Waals surface area contributed by atoms with Crippen molar-refractivity contribution < 1.29 is 9.90 Å². The summed E-state index contributed by atoms with van der Waals surface area (Å²) in [5.74, 6) is -0.912. The molecule has 0 saturated carbocycles. The predicted octanol–water partition coefficient (Wildman–Crippen LogP) is 2.93. The zero-order chi connectivity index (χ0) is 20.9. The zero-order valence-corrected chi connectivity index (χ0v) is 16.2. The Morgan fingerprint density at radius 3 is 2.10 bits per heavy atom. The van der Waals surface area contributed by atoms with Gasteiger partial charge in [0.15, 0.2) is 0 Å². The first-order chi connectivity index (χ1) is 13.9. The van der Waals surface area contributed by atoms with E-state index in [0.717, 1.165) is 17.4 Å². The van der Waals surface area contributed by atoms with Crippen molar-refractivity contribution >= 4 is 6.29 Å². The van der Waals surface area contributed by atoms with Gasteiger partial charge in [-0.15, -0.1) is 0 Å². The molecule has 0 amide bonds. The van der Waals surface area contributed by atoms with E-state index in [1.807, 2.05) is 67.6 Å². The SMILES string of the molecule is CC(C=O)(Cc1ccccc1)CC(Cc1ccccc1)c1c(O)[nH]c(=O)[nH]c1=O. The average molecular weight is 392 g/mol. The number of rotatable bonds is 8. The lowest BCUT2D eigenvalue weighted by Crippen LogP contribution is -2.31. The number of carbonyl (C=O) groups excluding carboxylic acids is 1. The number of H-pyrrole nitrogens is 2. The minimum Gasteiger partial charge on any atom is -0.494 e. The molecule has 0 radical (unpaired) electrons. The third kappa shape index (κ3) is 5.10. The van der Waals surface area contributed by atoms with Gasteiger partial charge in [-0.2, -0.15) is 0 Å². The fourth-order valence-corrected chi connectivity index (χ4v) is 3.82. The molecule has 3 N–H and O–H groups in total. The van der Waals surface area contributed by atoms with Gasteiger partial charge in [0.2, 0.25) is 5.88 Å². The first-order valence-corrected chi connectivity index (χ1v) is 9.50. The molecule has 0 spiro atoms. The van der Waals surface area contributed by atoms with E-state index in [2.05, 4.69) is 9.97 Å².